The van der Waals surface area contributed by atoms with E-state index in [2.05, 4.69) is 240 Å². The molecule has 0 aromatic heterocycles. The van der Waals surface area contributed by atoms with E-state index >= 15 is 0 Å². The highest BCUT2D eigenvalue weighted by Gasteiger charge is 2.52. The summed E-state index contributed by atoms with van der Waals surface area (Å²) in [7, 11) is -2.39. The van der Waals surface area contributed by atoms with Crippen LogP contribution in [0.2, 0.25) is 10.1 Å². The van der Waals surface area contributed by atoms with Crippen LogP contribution in [0, 0.1) is 0 Å². The molecule has 0 heterocycles. The fourth-order valence-corrected chi connectivity index (χ4v) is 21.0. The van der Waals surface area contributed by atoms with Crippen LogP contribution in [0.4, 0.5) is 0 Å². The molecule has 0 spiro atoms. The Kier molecular flexibility index (Phi) is 43.4. The van der Waals surface area contributed by atoms with Crippen LogP contribution in [-0.4, -0.2) is 85.1 Å². The number of amides is 1. The molecule has 11 nitrogen and oxygen atoms in total. The van der Waals surface area contributed by atoms with Crippen LogP contribution in [0.15, 0.2) is 170 Å². The van der Waals surface area contributed by atoms with Gasteiger partial charge in [-0.1, -0.05) is 264 Å². The summed E-state index contributed by atoms with van der Waals surface area (Å²) in [5.74, 6) is -1.60. The first-order chi connectivity index (χ1) is 43.9. The quantitative estimate of drug-likeness (QED) is 0.0168. The molecule has 1 amide bonds. The minimum atomic E-state index is -2.51. The van der Waals surface area contributed by atoms with E-state index < -0.39 is 28.6 Å². The Bertz CT molecular complexity index is 2550. The van der Waals surface area contributed by atoms with E-state index in [4.69, 9.17) is 19.7 Å². The zero-order valence-corrected chi connectivity index (χ0v) is 59.9. The Morgan fingerprint density at radius 2 is 0.725 bits per heavy atom. The predicted octanol–water partition coefficient (Wildman–Crippen LogP) is 16.8. The lowest BCUT2D eigenvalue weighted by Gasteiger charge is -2.45. The molecule has 0 saturated heterocycles. The van der Waals surface area contributed by atoms with Crippen molar-refractivity contribution in [2.24, 2.45) is 5.73 Å². The summed E-state index contributed by atoms with van der Waals surface area (Å²) in [5, 5.41) is 16.6. The summed E-state index contributed by atoms with van der Waals surface area (Å²) < 4.78 is 23.3. The van der Waals surface area contributed by atoms with E-state index in [9.17, 15) is 19.2 Å². The number of aliphatic carboxylic acids is 1. The van der Waals surface area contributed by atoms with Crippen LogP contribution in [0.3, 0.4) is 0 Å². The van der Waals surface area contributed by atoms with Crippen molar-refractivity contribution in [1.29, 1.82) is 0 Å². The molecule has 13 heteroatoms. The molecule has 4 aromatic carbocycles. The minimum absolute atomic E-state index is 0.00324. The smallest absolute Gasteiger partial charge is 0.325 e. The van der Waals surface area contributed by atoms with Gasteiger partial charge in [0, 0.05) is 25.0 Å². The van der Waals surface area contributed by atoms with Crippen molar-refractivity contribution in [3.8, 4) is 0 Å². The molecule has 504 valence electrons. The standard InChI is InChI=1S/C39H59NO4Si.C36H54O3Si.C3H7NO2/c1-6-34(44-45(39(2,3)4,35-28-22-19-23-29-35)36-30-24-20-25-31-36)27-21-17-15-13-11-9-7-8-10-12-14-16-18-26-32-37(41)40-33-38(42)43-5;1-5-32(26-20-16-14-12-10-8-6-7-9-11-13-15-17-25-31-35(37)38)39-40(36(2,3)4,33-27-21-18-22-28-33)34-29-23-19-24-30-34;1-6-3(5)2-4/h14-17,19-20,22-25,28-31,34H,6-13,18,21,26-27,32-33H2,1-5H3,(H,40,41);13-16,18-19,21-24,27-30,32H,5-12,17,20,25-26,31H2,1-4H3,(H,37,38);2,4H2,1H3/b16-14-,17-15-;15-13-,16-14-;. The molecule has 0 aliphatic carbocycles. The van der Waals surface area contributed by atoms with E-state index in [-0.39, 0.29) is 53.7 Å². The summed E-state index contributed by atoms with van der Waals surface area (Å²) in [6.45, 7) is 18.6. The number of benzene rings is 4. The van der Waals surface area contributed by atoms with E-state index in [1.54, 1.807) is 0 Å². The number of esters is 2. The van der Waals surface area contributed by atoms with Crippen LogP contribution in [0.1, 0.15) is 222 Å². The number of nitrogens with two attached hydrogens (primary N) is 1. The Labute approximate surface area is 553 Å². The number of methoxy groups -OCH3 is 2. The van der Waals surface area contributed by atoms with Crippen LogP contribution in [-0.2, 0) is 37.5 Å². The first kappa shape index (κ1) is 81.1. The Morgan fingerprint density at radius 1 is 0.440 bits per heavy atom. The molecule has 2 atom stereocenters. The van der Waals surface area contributed by atoms with Gasteiger partial charge in [-0.3, -0.25) is 19.2 Å². The number of carbonyl (C=O) groups excluding carboxylic acids is 3. The van der Waals surface area contributed by atoms with Gasteiger partial charge in [0.2, 0.25) is 5.91 Å². The third kappa shape index (κ3) is 32.9. The number of hydrogen-bond acceptors (Lipinski definition) is 9. The van der Waals surface area contributed by atoms with Crippen molar-refractivity contribution < 1.29 is 42.6 Å². The maximum atomic E-state index is 11.7. The molecular formula is C78H120N2O9Si2. The first-order valence-electron chi connectivity index (χ1n) is 34.4. The minimum Gasteiger partial charge on any atom is -0.481 e. The molecule has 0 aliphatic heterocycles. The second-order valence-corrected chi connectivity index (χ2v) is 34.2. The van der Waals surface area contributed by atoms with Crippen LogP contribution in [0.25, 0.3) is 0 Å². The van der Waals surface area contributed by atoms with Gasteiger partial charge in [0.1, 0.15) is 6.54 Å². The van der Waals surface area contributed by atoms with Gasteiger partial charge in [0.25, 0.3) is 16.6 Å². The lowest BCUT2D eigenvalue weighted by atomic mass is 10.1. The van der Waals surface area contributed by atoms with E-state index in [0.717, 1.165) is 89.9 Å². The number of unbranched alkanes of at least 4 members (excludes halogenated alkanes) is 14. The summed E-state index contributed by atoms with van der Waals surface area (Å²) in [4.78, 5) is 43.0. The molecular weight excluding hydrogens is 1170 g/mol. The zero-order chi connectivity index (χ0) is 66.9. The van der Waals surface area contributed by atoms with E-state index in [0.29, 0.717) is 6.42 Å². The van der Waals surface area contributed by atoms with Gasteiger partial charge in [-0.2, -0.15) is 0 Å². The number of carbonyl (C=O) groups is 4. The normalized spacial score (nSPS) is 12.7. The number of carboxylic acid groups (broad SMARTS) is 1. The number of carboxylic acids is 1. The predicted molar refractivity (Wildman–Crippen MR) is 387 cm³/mol. The van der Waals surface area contributed by atoms with Crippen molar-refractivity contribution in [2.45, 2.75) is 245 Å². The van der Waals surface area contributed by atoms with Crippen LogP contribution in [0.5, 0.6) is 0 Å². The Morgan fingerprint density at radius 3 is 0.989 bits per heavy atom. The van der Waals surface area contributed by atoms with Gasteiger partial charge >= 0.3 is 17.9 Å². The third-order valence-corrected chi connectivity index (χ3v) is 26.7. The lowest BCUT2D eigenvalue weighted by Crippen LogP contribution is -2.67. The van der Waals surface area contributed by atoms with Crippen LogP contribution < -0.4 is 31.8 Å². The van der Waals surface area contributed by atoms with Gasteiger partial charge in [-0.15, -0.1) is 0 Å². The third-order valence-electron chi connectivity index (χ3n) is 16.5. The number of ether oxygens (including phenoxy) is 2. The molecule has 0 aliphatic rings. The zero-order valence-electron chi connectivity index (χ0n) is 57.9. The van der Waals surface area contributed by atoms with Gasteiger partial charge in [-0.25, -0.2) is 0 Å². The fraction of sp³-hybridized carbons (Fsp3) is 0.538. The van der Waals surface area contributed by atoms with E-state index in [1.807, 2.05) is 0 Å². The van der Waals surface area contributed by atoms with E-state index in [1.165, 1.54) is 99.2 Å². The van der Waals surface area contributed by atoms with Crippen molar-refractivity contribution >= 4 is 61.2 Å². The maximum Gasteiger partial charge on any atom is 0.325 e. The Balaban J connectivity index is 0.000000571. The van der Waals surface area contributed by atoms with Gasteiger partial charge < -0.3 is 34.5 Å². The van der Waals surface area contributed by atoms with Gasteiger partial charge in [-0.05, 0) is 146 Å². The molecule has 0 bridgehead atoms. The highest BCUT2D eigenvalue weighted by Crippen LogP contribution is 2.40. The van der Waals surface area contributed by atoms with Crippen molar-refractivity contribution in [3.05, 3.63) is 170 Å². The molecule has 0 fully saturated rings. The molecule has 0 radical (unpaired) electrons. The first-order valence-corrected chi connectivity index (χ1v) is 38.2. The molecule has 4 rings (SSSR count). The molecule has 0 saturated carbocycles. The SMILES string of the molecule is CCC(CC/C=C\CCCCCCC/C=C\CCCC(=O)NCC(=O)OC)O[Si](c1ccccc1)(c1ccccc1)C(C)(C)C.CCC(CC/C=C\CCCCCCC/C=C\CCCC(=O)O)O[Si](c1ccccc1)(c1ccccc1)C(C)(C)C.COC(=O)CN. The largest absolute Gasteiger partial charge is 0.481 e. The second-order valence-electron chi connectivity index (χ2n) is 25.7. The van der Waals surface area contributed by atoms with Gasteiger partial charge in [0.05, 0.1) is 20.8 Å². The van der Waals surface area contributed by atoms with Crippen LogP contribution >= 0.6 is 0 Å². The van der Waals surface area contributed by atoms with Crippen molar-refractivity contribution in [3.63, 3.8) is 0 Å². The number of hydrogen-bond donors (Lipinski definition) is 3. The topological polar surface area (TPSA) is 163 Å². The van der Waals surface area contributed by atoms with Gasteiger partial charge in [0.15, 0.2) is 0 Å². The van der Waals surface area contributed by atoms with Crippen molar-refractivity contribution in [1.82, 2.24) is 5.32 Å². The summed E-state index contributed by atoms with van der Waals surface area (Å²) in [6.07, 6.45) is 46.2. The summed E-state index contributed by atoms with van der Waals surface area (Å²) in [5.41, 5.74) is 4.81. The molecule has 4 N–H and O–H groups in total. The fourth-order valence-electron chi connectivity index (χ4n) is 11.4. The average molecular weight is 1290 g/mol. The number of allylic oxidation sites excluding steroid dienone is 8. The highest BCUT2D eigenvalue weighted by atomic mass is 28.4. The lowest BCUT2D eigenvalue weighted by molar-refractivity contribution is -0.141. The summed E-state index contributed by atoms with van der Waals surface area (Å²) in [6, 6.07) is 43.9. The second kappa shape index (κ2) is 48.7. The number of nitrogens with one attached hydrogen (secondary N) is 1. The monoisotopic (exact) mass is 1280 g/mol. The average Bonchev–Trinajstić information content (AvgIpc) is 0.891. The maximum absolute atomic E-state index is 11.7. The number of rotatable bonds is 43. The summed E-state index contributed by atoms with van der Waals surface area (Å²) >= 11 is 0. The molecule has 4 aromatic rings. The molecule has 2 unspecified atom stereocenters. The van der Waals surface area contributed by atoms with Crippen molar-refractivity contribution in [2.75, 3.05) is 27.3 Å². The molecule has 91 heavy (non-hydrogen) atoms. The Hall–Kier alpha value is -5.97. The highest BCUT2D eigenvalue weighted by molar-refractivity contribution is 7.00.